The van der Waals surface area contributed by atoms with E-state index < -0.39 is 24.6 Å². The van der Waals surface area contributed by atoms with Crippen molar-refractivity contribution in [2.24, 2.45) is 5.92 Å². The van der Waals surface area contributed by atoms with E-state index in [-0.39, 0.29) is 29.8 Å². The zero-order chi connectivity index (χ0) is 23.7. The maximum Gasteiger partial charge on any atom is 0.341 e. The van der Waals surface area contributed by atoms with Gasteiger partial charge >= 0.3 is 5.97 Å². The van der Waals surface area contributed by atoms with Crippen molar-refractivity contribution in [3.8, 4) is 5.75 Å². The lowest BCUT2D eigenvalue weighted by Gasteiger charge is -2.33. The first-order chi connectivity index (χ1) is 15.8. The minimum Gasteiger partial charge on any atom is -0.477 e. The lowest BCUT2D eigenvalue weighted by Crippen LogP contribution is -2.51. The van der Waals surface area contributed by atoms with Crippen molar-refractivity contribution >= 4 is 45.7 Å². The Hall–Kier alpha value is -3.40. The number of nitrogens with zero attached hydrogens (tertiary/aromatic N) is 1. The van der Waals surface area contributed by atoms with Gasteiger partial charge in [0, 0.05) is 17.8 Å². The van der Waals surface area contributed by atoms with Crippen LogP contribution in [-0.2, 0) is 19.1 Å². The van der Waals surface area contributed by atoms with E-state index in [4.69, 9.17) is 9.47 Å². The average Bonchev–Trinajstić information content (AvgIpc) is 3.62. The number of esters is 1. The van der Waals surface area contributed by atoms with Crippen molar-refractivity contribution in [3.05, 3.63) is 40.3 Å². The summed E-state index contributed by atoms with van der Waals surface area (Å²) in [5.74, 6) is -1.24. The molecule has 1 saturated carbocycles. The maximum absolute atomic E-state index is 13.0. The minimum atomic E-state index is -0.879. The number of carbonyl (C=O) groups excluding carboxylic acids is 4. The number of amides is 3. The van der Waals surface area contributed by atoms with Crippen LogP contribution in [0.5, 0.6) is 5.75 Å². The second kappa shape index (κ2) is 9.22. The fourth-order valence-corrected chi connectivity index (χ4v) is 4.62. The second-order valence-electron chi connectivity index (χ2n) is 8.02. The molecule has 1 fully saturated rings. The Morgan fingerprint density at radius 2 is 1.88 bits per heavy atom. The zero-order valence-corrected chi connectivity index (χ0v) is 19.4. The highest BCUT2D eigenvalue weighted by Gasteiger charge is 2.35. The molecule has 1 aliphatic carbocycles. The number of hydrogen-bond donors (Lipinski definition) is 2. The van der Waals surface area contributed by atoms with Gasteiger partial charge < -0.3 is 25.0 Å². The highest BCUT2D eigenvalue weighted by atomic mass is 32.1. The molecular formula is C23H25N3O6S. The molecule has 1 aliphatic heterocycles. The van der Waals surface area contributed by atoms with Gasteiger partial charge in [-0.2, -0.15) is 0 Å². The van der Waals surface area contributed by atoms with Crippen molar-refractivity contribution < 1.29 is 28.7 Å². The van der Waals surface area contributed by atoms with Gasteiger partial charge in [-0.05, 0) is 44.4 Å². The third-order valence-corrected chi connectivity index (χ3v) is 6.84. The quantitative estimate of drug-likeness (QED) is 0.626. The van der Waals surface area contributed by atoms with E-state index in [9.17, 15) is 19.2 Å². The Morgan fingerprint density at radius 3 is 2.58 bits per heavy atom. The summed E-state index contributed by atoms with van der Waals surface area (Å²) in [7, 11) is 1.49. The molecule has 0 saturated heterocycles. The van der Waals surface area contributed by atoms with Crippen molar-refractivity contribution in [3.63, 3.8) is 0 Å². The summed E-state index contributed by atoms with van der Waals surface area (Å²) in [6.07, 6.45) is 0.818. The molecule has 2 aromatic rings. The number of fused-ring (bicyclic) bond motifs is 1. The standard InChI is InChI=1S/C23H25N3O6S/c1-12-13(2)33-22(25-20(28)14-8-9-14)19(12)23(30)31-11-18(27)26-10-17(21(29)24-3)32-16-7-5-4-6-15(16)26/h4-7,14,17H,8-11H2,1-3H3,(H,24,29)(H,25,28)/t17-/m1/s1. The van der Waals surface area contributed by atoms with Crippen LogP contribution in [0.1, 0.15) is 33.6 Å². The molecule has 2 N–H and O–H groups in total. The van der Waals surface area contributed by atoms with E-state index in [1.807, 2.05) is 6.92 Å². The number of rotatable bonds is 6. The molecule has 174 valence electrons. The van der Waals surface area contributed by atoms with Crippen LogP contribution in [0.2, 0.25) is 0 Å². The second-order valence-corrected chi connectivity index (χ2v) is 9.24. The smallest absolute Gasteiger partial charge is 0.341 e. The highest BCUT2D eigenvalue weighted by Crippen LogP contribution is 2.36. The van der Waals surface area contributed by atoms with Gasteiger partial charge in [-0.25, -0.2) is 4.79 Å². The molecule has 10 heteroatoms. The molecule has 0 bridgehead atoms. The zero-order valence-electron chi connectivity index (χ0n) is 18.6. The van der Waals surface area contributed by atoms with Crippen molar-refractivity contribution in [2.75, 3.05) is 30.4 Å². The van der Waals surface area contributed by atoms with Crippen LogP contribution >= 0.6 is 11.3 Å². The third kappa shape index (κ3) is 4.70. The molecule has 1 aromatic carbocycles. The summed E-state index contributed by atoms with van der Waals surface area (Å²) in [6, 6.07) is 6.87. The summed E-state index contributed by atoms with van der Waals surface area (Å²) >= 11 is 1.31. The van der Waals surface area contributed by atoms with Gasteiger partial charge in [-0.3, -0.25) is 14.4 Å². The maximum atomic E-state index is 13.0. The molecular weight excluding hydrogens is 446 g/mol. The van der Waals surface area contributed by atoms with Crippen LogP contribution in [0.4, 0.5) is 10.7 Å². The van der Waals surface area contributed by atoms with E-state index in [2.05, 4.69) is 10.6 Å². The number of benzene rings is 1. The van der Waals surface area contributed by atoms with E-state index in [0.717, 1.165) is 17.7 Å². The normalized spacial score (nSPS) is 16.9. The van der Waals surface area contributed by atoms with Gasteiger partial charge in [-0.15, -0.1) is 11.3 Å². The number of nitrogens with one attached hydrogen (secondary N) is 2. The summed E-state index contributed by atoms with van der Waals surface area (Å²) in [6.45, 7) is 3.12. The Bertz CT molecular complexity index is 1120. The lowest BCUT2D eigenvalue weighted by atomic mass is 10.1. The van der Waals surface area contributed by atoms with Gasteiger partial charge in [0.1, 0.15) is 10.8 Å². The minimum absolute atomic E-state index is 0.00665. The summed E-state index contributed by atoms with van der Waals surface area (Å²) in [5, 5.41) is 5.79. The first-order valence-corrected chi connectivity index (χ1v) is 11.5. The molecule has 4 rings (SSSR count). The Balaban J connectivity index is 1.48. The molecule has 1 atom stereocenters. The number of hydrogen-bond acceptors (Lipinski definition) is 7. The summed E-state index contributed by atoms with van der Waals surface area (Å²) in [4.78, 5) is 52.5. The van der Waals surface area contributed by atoms with Crippen LogP contribution in [0.3, 0.4) is 0 Å². The predicted octanol–water partition coefficient (Wildman–Crippen LogP) is 2.41. The molecule has 1 aromatic heterocycles. The van der Waals surface area contributed by atoms with Gasteiger partial charge in [0.2, 0.25) is 5.91 Å². The van der Waals surface area contributed by atoms with Crippen molar-refractivity contribution in [1.29, 1.82) is 0 Å². The predicted molar refractivity (Wildman–Crippen MR) is 123 cm³/mol. The first kappa shape index (κ1) is 22.8. The monoisotopic (exact) mass is 471 g/mol. The molecule has 0 radical (unpaired) electrons. The number of thiophene rings is 1. The Labute approximate surface area is 195 Å². The number of anilines is 2. The Morgan fingerprint density at radius 1 is 1.15 bits per heavy atom. The molecule has 9 nitrogen and oxygen atoms in total. The fourth-order valence-electron chi connectivity index (χ4n) is 3.57. The first-order valence-electron chi connectivity index (χ1n) is 10.7. The van der Waals surface area contributed by atoms with Crippen LogP contribution in [0.25, 0.3) is 0 Å². The van der Waals surface area contributed by atoms with E-state index >= 15 is 0 Å². The number of ether oxygens (including phenoxy) is 2. The largest absolute Gasteiger partial charge is 0.477 e. The van der Waals surface area contributed by atoms with Gasteiger partial charge in [0.15, 0.2) is 12.7 Å². The average molecular weight is 472 g/mol. The van der Waals surface area contributed by atoms with Crippen LogP contribution < -0.4 is 20.3 Å². The van der Waals surface area contributed by atoms with Crippen LogP contribution in [-0.4, -0.2) is 50.0 Å². The van der Waals surface area contributed by atoms with Gasteiger partial charge in [0.25, 0.3) is 11.8 Å². The fraction of sp³-hybridized carbons (Fsp3) is 0.391. The molecule has 33 heavy (non-hydrogen) atoms. The molecule has 3 amide bonds. The SMILES string of the molecule is CNC(=O)[C@H]1CN(C(=O)COC(=O)c2c(NC(=O)C3CC3)sc(C)c2C)c2ccccc2O1. The number of likely N-dealkylation sites (N-methyl/N-ethyl adjacent to an activating group) is 1. The van der Waals surface area contributed by atoms with Crippen molar-refractivity contribution in [1.82, 2.24) is 5.32 Å². The molecule has 0 spiro atoms. The van der Waals surface area contributed by atoms with Crippen LogP contribution in [0, 0.1) is 19.8 Å². The molecule has 2 heterocycles. The third-order valence-electron chi connectivity index (χ3n) is 5.71. The Kier molecular flexibility index (Phi) is 6.37. The number of para-hydroxylation sites is 2. The highest BCUT2D eigenvalue weighted by molar-refractivity contribution is 7.16. The number of aryl methyl sites for hydroxylation is 1. The van der Waals surface area contributed by atoms with E-state index in [0.29, 0.717) is 22.0 Å². The number of carbonyl (C=O) groups is 4. The molecule has 0 unspecified atom stereocenters. The van der Waals surface area contributed by atoms with E-state index in [1.165, 1.54) is 23.3 Å². The van der Waals surface area contributed by atoms with Crippen molar-refractivity contribution in [2.45, 2.75) is 32.8 Å². The van der Waals surface area contributed by atoms with Crippen LogP contribution in [0.15, 0.2) is 24.3 Å². The lowest BCUT2D eigenvalue weighted by molar-refractivity contribution is -0.128. The summed E-state index contributed by atoms with van der Waals surface area (Å²) < 4.78 is 11.1. The van der Waals surface area contributed by atoms with E-state index in [1.54, 1.807) is 31.2 Å². The topological polar surface area (TPSA) is 114 Å². The summed E-state index contributed by atoms with van der Waals surface area (Å²) in [5.41, 5.74) is 1.48. The van der Waals surface area contributed by atoms with Gasteiger partial charge in [-0.1, -0.05) is 12.1 Å². The van der Waals surface area contributed by atoms with Gasteiger partial charge in [0.05, 0.1) is 17.8 Å². The molecule has 2 aliphatic rings.